The Bertz CT molecular complexity index is 577. The quantitative estimate of drug-likeness (QED) is 0.810. The molecule has 3 amide bonds. The van der Waals surface area contributed by atoms with Crippen LogP contribution in [0.3, 0.4) is 0 Å². The van der Waals surface area contributed by atoms with E-state index in [1.807, 2.05) is 0 Å². The number of imide groups is 1. The molecule has 0 spiro atoms. The molecule has 0 unspecified atom stereocenters. The minimum Gasteiger partial charge on any atom is -0.450 e. The van der Waals surface area contributed by atoms with E-state index in [9.17, 15) is 19.2 Å². The molecule has 0 saturated heterocycles. The molecule has 1 aromatic rings. The number of rotatable bonds is 4. The number of amides is 3. The highest BCUT2D eigenvalue weighted by molar-refractivity contribution is 6.20. The second kappa shape index (κ2) is 6.04. The van der Waals surface area contributed by atoms with Crippen LogP contribution in [0.25, 0.3) is 0 Å². The fraction of sp³-hybridized carbons (Fsp3) is 0.231. The summed E-state index contributed by atoms with van der Waals surface area (Å²) in [6, 6.07) is 6.11. The van der Waals surface area contributed by atoms with Gasteiger partial charge in [-0.05, 0) is 19.1 Å². The average molecular weight is 292 g/mol. The molecule has 1 aromatic carbocycles. The van der Waals surface area contributed by atoms with Crippen LogP contribution in [0.1, 0.15) is 27.6 Å². The van der Waals surface area contributed by atoms with Gasteiger partial charge in [0, 0.05) is 0 Å². The van der Waals surface area contributed by atoms with Crippen molar-refractivity contribution in [2.45, 2.75) is 6.92 Å². The number of nitrogens with zero attached hydrogens (tertiary/aromatic N) is 1. The molecule has 110 valence electrons. The summed E-state index contributed by atoms with van der Waals surface area (Å²) >= 11 is 0. The lowest BCUT2D eigenvalue weighted by Gasteiger charge is -2.12. The fourth-order valence-electron chi connectivity index (χ4n) is 1.71. The molecule has 0 aliphatic carbocycles. The molecule has 0 aromatic heterocycles. The maximum absolute atomic E-state index is 11.9. The van der Waals surface area contributed by atoms with Gasteiger partial charge < -0.3 is 14.9 Å². The van der Waals surface area contributed by atoms with Gasteiger partial charge in [0.25, 0.3) is 11.8 Å². The van der Waals surface area contributed by atoms with Crippen LogP contribution in [0, 0.1) is 0 Å². The number of hydrogen-bond donors (Lipinski definition) is 1. The number of carbonyl (C=O) groups excluding carboxylic acids is 4. The van der Waals surface area contributed by atoms with Crippen molar-refractivity contribution in [2.75, 3.05) is 13.2 Å². The summed E-state index contributed by atoms with van der Waals surface area (Å²) in [7, 11) is 0. The second-order valence-corrected chi connectivity index (χ2v) is 3.99. The van der Waals surface area contributed by atoms with Crippen LogP contribution in [0.2, 0.25) is 0 Å². The fourth-order valence-corrected chi connectivity index (χ4v) is 1.71. The van der Waals surface area contributed by atoms with E-state index in [1.165, 1.54) is 12.1 Å². The van der Waals surface area contributed by atoms with E-state index in [0.717, 1.165) is 0 Å². The van der Waals surface area contributed by atoms with Crippen LogP contribution in [0.5, 0.6) is 0 Å². The Morgan fingerprint density at radius 2 is 1.71 bits per heavy atom. The highest BCUT2D eigenvalue weighted by Crippen LogP contribution is 2.22. The first-order valence-electron chi connectivity index (χ1n) is 6.13. The number of hydroxylamine groups is 2. The molecule has 0 saturated carbocycles. The summed E-state index contributed by atoms with van der Waals surface area (Å²) in [5, 5.41) is 2.50. The van der Waals surface area contributed by atoms with Gasteiger partial charge in [-0.3, -0.25) is 9.59 Å². The first-order valence-corrected chi connectivity index (χ1v) is 6.13. The Morgan fingerprint density at radius 3 is 2.24 bits per heavy atom. The van der Waals surface area contributed by atoms with Crippen molar-refractivity contribution in [1.82, 2.24) is 10.4 Å². The van der Waals surface area contributed by atoms with Crippen molar-refractivity contribution >= 4 is 23.9 Å². The van der Waals surface area contributed by atoms with Crippen molar-refractivity contribution in [3.8, 4) is 0 Å². The molecule has 8 nitrogen and oxygen atoms in total. The zero-order valence-electron chi connectivity index (χ0n) is 11.1. The zero-order valence-corrected chi connectivity index (χ0v) is 11.1. The highest BCUT2D eigenvalue weighted by Gasteiger charge is 2.38. The summed E-state index contributed by atoms with van der Waals surface area (Å²) in [6.07, 6.45) is -0.795. The van der Waals surface area contributed by atoms with Gasteiger partial charge in [0.05, 0.1) is 17.7 Å². The van der Waals surface area contributed by atoms with Gasteiger partial charge in [0.1, 0.15) is 6.54 Å². The predicted octanol–water partition coefficient (Wildman–Crippen LogP) is 0.487. The Kier molecular flexibility index (Phi) is 4.17. The standard InChI is InChI=1S/C13H12N2O6/c1-2-20-13(19)14-7-10(16)21-15-11(17)8-5-3-4-6-9(8)12(15)18/h3-6H,2,7H2,1H3,(H,14,19). The van der Waals surface area contributed by atoms with Gasteiger partial charge in [-0.15, -0.1) is 0 Å². The summed E-state index contributed by atoms with van der Waals surface area (Å²) in [6.45, 7) is 1.24. The van der Waals surface area contributed by atoms with Crippen molar-refractivity contribution in [3.63, 3.8) is 0 Å². The summed E-state index contributed by atoms with van der Waals surface area (Å²) < 4.78 is 4.55. The van der Waals surface area contributed by atoms with E-state index in [2.05, 4.69) is 14.9 Å². The molecule has 0 radical (unpaired) electrons. The normalized spacial score (nSPS) is 12.9. The molecule has 0 atom stereocenters. The van der Waals surface area contributed by atoms with Crippen molar-refractivity contribution in [1.29, 1.82) is 0 Å². The first-order chi connectivity index (χ1) is 10.0. The number of benzene rings is 1. The predicted molar refractivity (Wildman–Crippen MR) is 68.1 cm³/mol. The highest BCUT2D eigenvalue weighted by atomic mass is 16.7. The van der Waals surface area contributed by atoms with Crippen LogP contribution in [-0.2, 0) is 14.4 Å². The van der Waals surface area contributed by atoms with E-state index >= 15 is 0 Å². The lowest BCUT2D eigenvalue weighted by Crippen LogP contribution is -2.38. The number of fused-ring (bicyclic) bond motifs is 1. The Hall–Kier alpha value is -2.90. The van der Waals surface area contributed by atoms with Crippen LogP contribution in [-0.4, -0.2) is 42.1 Å². The van der Waals surface area contributed by atoms with E-state index in [1.54, 1.807) is 19.1 Å². The van der Waals surface area contributed by atoms with Gasteiger partial charge in [0.2, 0.25) is 0 Å². The van der Waals surface area contributed by atoms with Gasteiger partial charge >= 0.3 is 12.1 Å². The third-order valence-electron chi connectivity index (χ3n) is 2.60. The maximum atomic E-state index is 11.9. The third kappa shape index (κ3) is 2.99. The lowest BCUT2D eigenvalue weighted by atomic mass is 10.1. The lowest BCUT2D eigenvalue weighted by molar-refractivity contribution is -0.167. The van der Waals surface area contributed by atoms with Gasteiger partial charge in [-0.1, -0.05) is 17.2 Å². The molecule has 21 heavy (non-hydrogen) atoms. The number of carbonyl (C=O) groups is 4. The molecular formula is C13H12N2O6. The molecule has 8 heteroatoms. The second-order valence-electron chi connectivity index (χ2n) is 3.99. The van der Waals surface area contributed by atoms with E-state index in [-0.39, 0.29) is 17.7 Å². The Balaban J connectivity index is 1.96. The Labute approximate surface area is 119 Å². The first kappa shape index (κ1) is 14.5. The molecular weight excluding hydrogens is 280 g/mol. The molecule has 0 bridgehead atoms. The minimum atomic E-state index is -0.961. The van der Waals surface area contributed by atoms with Crippen LogP contribution in [0.4, 0.5) is 4.79 Å². The van der Waals surface area contributed by atoms with Crippen LogP contribution < -0.4 is 5.32 Å². The summed E-state index contributed by atoms with van der Waals surface area (Å²) in [5.41, 5.74) is 0.322. The van der Waals surface area contributed by atoms with Crippen molar-refractivity contribution in [2.24, 2.45) is 0 Å². The van der Waals surface area contributed by atoms with E-state index < -0.39 is 30.4 Å². The minimum absolute atomic E-state index is 0.152. The molecule has 1 N–H and O–H groups in total. The maximum Gasteiger partial charge on any atom is 0.407 e. The van der Waals surface area contributed by atoms with Gasteiger partial charge in [-0.25, -0.2) is 9.59 Å². The summed E-state index contributed by atoms with van der Waals surface area (Å²) in [5.74, 6) is -2.40. The van der Waals surface area contributed by atoms with Crippen molar-refractivity contribution < 1.29 is 28.8 Å². The van der Waals surface area contributed by atoms with Gasteiger partial charge in [-0.2, -0.15) is 0 Å². The topological polar surface area (TPSA) is 102 Å². The smallest absolute Gasteiger partial charge is 0.407 e. The molecule has 0 fully saturated rings. The van der Waals surface area contributed by atoms with Crippen LogP contribution in [0.15, 0.2) is 24.3 Å². The number of hydrogen-bond acceptors (Lipinski definition) is 6. The SMILES string of the molecule is CCOC(=O)NCC(=O)ON1C(=O)c2ccccc2C1=O. The van der Waals surface area contributed by atoms with E-state index in [0.29, 0.717) is 5.06 Å². The average Bonchev–Trinajstić information content (AvgIpc) is 2.71. The molecule has 1 heterocycles. The molecule has 1 aliphatic rings. The zero-order chi connectivity index (χ0) is 15.4. The number of alkyl carbamates (subject to hydrolysis) is 1. The Morgan fingerprint density at radius 1 is 1.14 bits per heavy atom. The van der Waals surface area contributed by atoms with Crippen LogP contribution >= 0.6 is 0 Å². The monoisotopic (exact) mass is 292 g/mol. The molecule has 2 rings (SSSR count). The van der Waals surface area contributed by atoms with Gasteiger partial charge in [0.15, 0.2) is 0 Å². The number of ether oxygens (including phenoxy) is 1. The third-order valence-corrected chi connectivity index (χ3v) is 2.60. The largest absolute Gasteiger partial charge is 0.450 e. The summed E-state index contributed by atoms with van der Waals surface area (Å²) in [4.78, 5) is 51.0. The van der Waals surface area contributed by atoms with E-state index in [4.69, 9.17) is 0 Å². The van der Waals surface area contributed by atoms with Crippen molar-refractivity contribution in [3.05, 3.63) is 35.4 Å². The number of nitrogens with one attached hydrogen (secondary N) is 1. The molecule has 1 aliphatic heterocycles.